The SMILES string of the molecule is C[C@@H]1C=C(c2cccc(-c3cnco3)c2)CC1c1noc(Cn2cnc3ncn(C)c3c2=O)n1. The van der Waals surface area contributed by atoms with Gasteiger partial charge in [-0.05, 0) is 29.5 Å². The van der Waals surface area contributed by atoms with Crippen LogP contribution in [0.5, 0.6) is 0 Å². The number of aromatic nitrogens is 7. The highest BCUT2D eigenvalue weighted by atomic mass is 16.5. The third-order valence-electron chi connectivity index (χ3n) is 6.31. The first-order valence-electron chi connectivity index (χ1n) is 11.0. The van der Waals surface area contributed by atoms with Gasteiger partial charge in [0.1, 0.15) is 12.9 Å². The van der Waals surface area contributed by atoms with Crippen LogP contribution in [-0.2, 0) is 13.6 Å². The summed E-state index contributed by atoms with van der Waals surface area (Å²) in [5.74, 6) is 2.08. The molecule has 4 aromatic heterocycles. The second kappa shape index (κ2) is 7.91. The molecule has 0 saturated heterocycles. The van der Waals surface area contributed by atoms with Crippen molar-refractivity contribution in [3.8, 4) is 11.3 Å². The second-order valence-corrected chi connectivity index (χ2v) is 8.56. The number of aryl methyl sites for hydroxylation is 1. The Morgan fingerprint density at radius 3 is 2.88 bits per heavy atom. The van der Waals surface area contributed by atoms with Crippen LogP contribution in [0.1, 0.15) is 36.5 Å². The molecule has 1 aliphatic carbocycles. The van der Waals surface area contributed by atoms with Crippen molar-refractivity contribution in [3.63, 3.8) is 0 Å². The minimum atomic E-state index is -0.199. The average molecular weight is 455 g/mol. The molecule has 0 spiro atoms. The van der Waals surface area contributed by atoms with Crippen LogP contribution in [0.15, 0.2) is 69.3 Å². The Morgan fingerprint density at radius 1 is 1.18 bits per heavy atom. The Labute approximate surface area is 193 Å². The Morgan fingerprint density at radius 2 is 2.03 bits per heavy atom. The molecule has 1 aromatic carbocycles. The molecule has 0 fully saturated rings. The third-order valence-corrected chi connectivity index (χ3v) is 6.31. The normalized spacial score (nSPS) is 18.0. The van der Waals surface area contributed by atoms with Crippen molar-refractivity contribution in [2.45, 2.75) is 25.8 Å². The number of nitrogens with zero attached hydrogens (tertiary/aromatic N) is 7. The zero-order valence-corrected chi connectivity index (χ0v) is 18.6. The van der Waals surface area contributed by atoms with Crippen LogP contribution in [0.2, 0.25) is 0 Å². The van der Waals surface area contributed by atoms with Crippen molar-refractivity contribution in [2.75, 3.05) is 0 Å². The Bertz CT molecular complexity index is 1580. The quantitative estimate of drug-likeness (QED) is 0.396. The summed E-state index contributed by atoms with van der Waals surface area (Å²) in [4.78, 5) is 29.8. The molecule has 4 heterocycles. The molecule has 6 rings (SSSR count). The largest absolute Gasteiger partial charge is 0.444 e. The highest BCUT2D eigenvalue weighted by Crippen LogP contribution is 2.42. The number of rotatable bonds is 5. The van der Waals surface area contributed by atoms with E-state index in [-0.39, 0.29) is 23.9 Å². The van der Waals surface area contributed by atoms with Crippen LogP contribution in [-0.4, -0.2) is 34.2 Å². The van der Waals surface area contributed by atoms with Crippen LogP contribution in [0.3, 0.4) is 0 Å². The molecule has 0 saturated carbocycles. The van der Waals surface area contributed by atoms with Gasteiger partial charge in [-0.3, -0.25) is 9.36 Å². The molecule has 5 aromatic rings. The van der Waals surface area contributed by atoms with E-state index in [0.29, 0.717) is 22.9 Å². The van der Waals surface area contributed by atoms with E-state index in [1.165, 1.54) is 22.9 Å². The van der Waals surface area contributed by atoms with Gasteiger partial charge in [0.2, 0.25) is 5.89 Å². The Kier molecular flexibility index (Phi) is 4.72. The average Bonchev–Trinajstić information content (AvgIpc) is 3.63. The second-order valence-electron chi connectivity index (χ2n) is 8.56. The van der Waals surface area contributed by atoms with E-state index in [4.69, 9.17) is 8.94 Å². The minimum Gasteiger partial charge on any atom is -0.444 e. The number of benzene rings is 1. The molecular formula is C24H21N7O3. The van der Waals surface area contributed by atoms with E-state index in [1.54, 1.807) is 24.1 Å². The molecule has 10 heteroatoms. The summed E-state index contributed by atoms with van der Waals surface area (Å²) in [7, 11) is 1.76. The minimum absolute atomic E-state index is 0.0934. The summed E-state index contributed by atoms with van der Waals surface area (Å²) < 4.78 is 14.1. The topological polar surface area (TPSA) is 118 Å². The van der Waals surface area contributed by atoms with E-state index in [9.17, 15) is 4.79 Å². The highest BCUT2D eigenvalue weighted by Gasteiger charge is 2.30. The molecule has 2 atom stereocenters. The molecule has 10 nitrogen and oxygen atoms in total. The van der Waals surface area contributed by atoms with Gasteiger partial charge in [0.25, 0.3) is 5.56 Å². The molecule has 0 bridgehead atoms. The molecule has 0 N–H and O–H groups in total. The zero-order valence-electron chi connectivity index (χ0n) is 18.6. The molecule has 34 heavy (non-hydrogen) atoms. The predicted molar refractivity (Wildman–Crippen MR) is 123 cm³/mol. The first kappa shape index (κ1) is 20.3. The van der Waals surface area contributed by atoms with Crippen LogP contribution in [0.25, 0.3) is 28.1 Å². The van der Waals surface area contributed by atoms with Crippen molar-refractivity contribution in [1.29, 1.82) is 0 Å². The lowest BCUT2D eigenvalue weighted by atomic mass is 9.95. The summed E-state index contributed by atoms with van der Waals surface area (Å²) >= 11 is 0. The maximum atomic E-state index is 12.8. The lowest BCUT2D eigenvalue weighted by Crippen LogP contribution is -2.22. The van der Waals surface area contributed by atoms with E-state index < -0.39 is 0 Å². The van der Waals surface area contributed by atoms with Crippen molar-refractivity contribution < 1.29 is 8.94 Å². The number of oxazole rings is 1. The van der Waals surface area contributed by atoms with Crippen molar-refractivity contribution in [1.82, 2.24) is 34.2 Å². The van der Waals surface area contributed by atoms with Crippen LogP contribution in [0, 0.1) is 5.92 Å². The fourth-order valence-electron chi connectivity index (χ4n) is 4.51. The van der Waals surface area contributed by atoms with Gasteiger partial charge in [-0.1, -0.05) is 36.4 Å². The number of fused-ring (bicyclic) bond motifs is 1. The monoisotopic (exact) mass is 455 g/mol. The first-order chi connectivity index (χ1) is 16.6. The van der Waals surface area contributed by atoms with Gasteiger partial charge in [0.05, 0.1) is 12.5 Å². The summed E-state index contributed by atoms with van der Waals surface area (Å²) in [6.07, 6.45) is 9.22. The highest BCUT2D eigenvalue weighted by molar-refractivity contribution is 5.73. The summed E-state index contributed by atoms with van der Waals surface area (Å²) in [6, 6.07) is 8.22. The first-order valence-corrected chi connectivity index (χ1v) is 11.0. The molecular weight excluding hydrogens is 434 g/mol. The number of imidazole rings is 1. The molecule has 0 amide bonds. The van der Waals surface area contributed by atoms with Crippen molar-refractivity contribution in [2.24, 2.45) is 13.0 Å². The van der Waals surface area contributed by atoms with Gasteiger partial charge >= 0.3 is 0 Å². The molecule has 0 radical (unpaired) electrons. The summed E-state index contributed by atoms with van der Waals surface area (Å²) in [5, 5.41) is 4.23. The van der Waals surface area contributed by atoms with Crippen molar-refractivity contribution in [3.05, 3.63) is 83.2 Å². The van der Waals surface area contributed by atoms with Gasteiger partial charge in [0, 0.05) is 18.5 Å². The van der Waals surface area contributed by atoms with Gasteiger partial charge in [-0.25, -0.2) is 15.0 Å². The predicted octanol–water partition coefficient (Wildman–Crippen LogP) is 3.42. The standard InChI is InChI=1S/C24H21N7O3/c1-14-6-17(15-4-3-5-16(7-15)19-9-25-13-33-19)8-18(14)22-28-20(34-29-22)10-31-12-27-23-21(24(31)32)30(2)11-26-23/h3-7,9,11-14,18H,8,10H2,1-2H3/t14-,18?/m1/s1. The number of hydrogen-bond donors (Lipinski definition) is 0. The van der Waals surface area contributed by atoms with E-state index in [1.807, 2.05) is 12.1 Å². The van der Waals surface area contributed by atoms with Crippen molar-refractivity contribution >= 4 is 16.7 Å². The van der Waals surface area contributed by atoms with Gasteiger partial charge in [0.15, 0.2) is 29.1 Å². The molecule has 1 aliphatic rings. The van der Waals surface area contributed by atoms with Crippen LogP contribution < -0.4 is 5.56 Å². The van der Waals surface area contributed by atoms with Gasteiger partial charge in [-0.15, -0.1) is 0 Å². The summed E-state index contributed by atoms with van der Waals surface area (Å²) in [6.45, 7) is 2.30. The van der Waals surface area contributed by atoms with E-state index in [2.05, 4.69) is 50.2 Å². The molecule has 1 unspecified atom stereocenters. The maximum absolute atomic E-state index is 12.8. The fraction of sp³-hybridized carbons (Fsp3) is 0.250. The zero-order chi connectivity index (χ0) is 23.2. The Balaban J connectivity index is 1.22. The Hall–Kier alpha value is -4.34. The lowest BCUT2D eigenvalue weighted by molar-refractivity contribution is 0.359. The molecule has 170 valence electrons. The smallest absolute Gasteiger partial charge is 0.280 e. The van der Waals surface area contributed by atoms with Crippen LogP contribution in [0.4, 0.5) is 0 Å². The molecule has 0 aliphatic heterocycles. The third kappa shape index (κ3) is 3.43. The van der Waals surface area contributed by atoms with E-state index >= 15 is 0 Å². The number of hydrogen-bond acceptors (Lipinski definition) is 8. The van der Waals surface area contributed by atoms with Gasteiger partial charge < -0.3 is 13.5 Å². The lowest BCUT2D eigenvalue weighted by Gasteiger charge is -2.10. The maximum Gasteiger partial charge on any atom is 0.280 e. The fourth-order valence-corrected chi connectivity index (χ4v) is 4.51. The van der Waals surface area contributed by atoms with Gasteiger partial charge in [-0.2, -0.15) is 4.98 Å². The van der Waals surface area contributed by atoms with Crippen LogP contribution >= 0.6 is 0 Å². The number of allylic oxidation sites excluding steroid dienone is 2. The van der Waals surface area contributed by atoms with E-state index in [0.717, 1.165) is 23.3 Å². The summed E-state index contributed by atoms with van der Waals surface area (Å²) in [5.41, 5.74) is 4.00.